The van der Waals surface area contributed by atoms with Gasteiger partial charge in [-0.05, 0) is 0 Å². The molecule has 2 N–H and O–H groups in total. The number of sulfonamides is 1. The lowest BCUT2D eigenvalue weighted by Gasteiger charge is -2.26. The topological polar surface area (TPSA) is 85.5 Å². The van der Waals surface area contributed by atoms with Crippen LogP contribution in [0.3, 0.4) is 0 Å². The van der Waals surface area contributed by atoms with Crippen molar-refractivity contribution in [2.24, 2.45) is 0 Å². The van der Waals surface area contributed by atoms with E-state index in [4.69, 9.17) is 22.1 Å². The van der Waals surface area contributed by atoms with E-state index in [0.717, 1.165) is 0 Å². The second-order valence-corrected chi connectivity index (χ2v) is 5.86. The molecule has 0 aliphatic carbocycles. The molecule has 0 aromatic carbocycles. The summed E-state index contributed by atoms with van der Waals surface area (Å²) in [6, 6.07) is 0. The molecule has 0 unspecified atom stereocenters. The fourth-order valence-electron chi connectivity index (χ4n) is 1.56. The van der Waals surface area contributed by atoms with Crippen molar-refractivity contribution in [2.45, 2.75) is 4.90 Å². The minimum Gasteiger partial charge on any atom is -0.396 e. The van der Waals surface area contributed by atoms with Crippen LogP contribution in [-0.4, -0.2) is 44.0 Å². The fourth-order valence-corrected chi connectivity index (χ4v) is 3.26. The Bertz CT molecular complexity index is 514. The van der Waals surface area contributed by atoms with Crippen LogP contribution < -0.4 is 5.73 Å². The molecule has 2 rings (SSSR count). The molecule has 1 fully saturated rings. The standard InChI is InChI=1S/C9H12ClN3O3S/c10-7-5-12-6-8(9(7)11)17(14,15)13-1-3-16-4-2-13/h5-6H,1-4H2,(H2,11,12). The van der Waals surface area contributed by atoms with Gasteiger partial charge in [0.2, 0.25) is 10.0 Å². The molecule has 6 nitrogen and oxygen atoms in total. The number of nitrogens with zero attached hydrogens (tertiary/aromatic N) is 2. The van der Waals surface area contributed by atoms with Crippen LogP contribution in [0.1, 0.15) is 0 Å². The van der Waals surface area contributed by atoms with Gasteiger partial charge in [0.05, 0.1) is 23.9 Å². The Morgan fingerprint density at radius 2 is 2.00 bits per heavy atom. The minimum absolute atomic E-state index is 0.0353. The van der Waals surface area contributed by atoms with E-state index in [2.05, 4.69) is 4.98 Å². The monoisotopic (exact) mass is 277 g/mol. The fraction of sp³-hybridized carbons (Fsp3) is 0.444. The summed E-state index contributed by atoms with van der Waals surface area (Å²) in [6.45, 7) is 1.39. The van der Waals surface area contributed by atoms with E-state index in [0.29, 0.717) is 26.3 Å². The maximum absolute atomic E-state index is 12.3. The van der Waals surface area contributed by atoms with Gasteiger partial charge in [0, 0.05) is 25.5 Å². The van der Waals surface area contributed by atoms with Crippen LogP contribution in [-0.2, 0) is 14.8 Å². The van der Waals surface area contributed by atoms with Gasteiger partial charge in [-0.1, -0.05) is 11.6 Å². The molecular formula is C9H12ClN3O3S. The Morgan fingerprint density at radius 1 is 1.35 bits per heavy atom. The Kier molecular flexibility index (Phi) is 3.53. The lowest BCUT2D eigenvalue weighted by molar-refractivity contribution is 0.0730. The zero-order valence-electron chi connectivity index (χ0n) is 8.97. The Hall–Kier alpha value is -0.890. The normalized spacial score (nSPS) is 18.2. The molecule has 1 saturated heterocycles. The highest BCUT2D eigenvalue weighted by atomic mass is 35.5. The molecule has 0 spiro atoms. The summed E-state index contributed by atoms with van der Waals surface area (Å²) >= 11 is 5.76. The quantitative estimate of drug-likeness (QED) is 0.842. The molecular weight excluding hydrogens is 266 g/mol. The molecule has 94 valence electrons. The molecule has 0 saturated carbocycles. The first kappa shape index (κ1) is 12.6. The van der Waals surface area contributed by atoms with E-state index < -0.39 is 10.0 Å². The molecule has 8 heteroatoms. The SMILES string of the molecule is Nc1c(Cl)cncc1S(=O)(=O)N1CCOCC1. The van der Waals surface area contributed by atoms with Crippen molar-refractivity contribution in [3.05, 3.63) is 17.4 Å². The number of ether oxygens (including phenoxy) is 1. The number of nitrogen functional groups attached to an aromatic ring is 1. The van der Waals surface area contributed by atoms with Crippen molar-refractivity contribution < 1.29 is 13.2 Å². The van der Waals surface area contributed by atoms with Crippen molar-refractivity contribution in [3.63, 3.8) is 0 Å². The van der Waals surface area contributed by atoms with E-state index in [1.807, 2.05) is 0 Å². The molecule has 0 radical (unpaired) electrons. The summed E-state index contributed by atoms with van der Waals surface area (Å²) in [5, 5.41) is 0.138. The van der Waals surface area contributed by atoms with E-state index in [-0.39, 0.29) is 15.6 Å². The van der Waals surface area contributed by atoms with Crippen molar-refractivity contribution >= 4 is 27.3 Å². The average molecular weight is 278 g/mol. The largest absolute Gasteiger partial charge is 0.396 e. The smallest absolute Gasteiger partial charge is 0.246 e. The number of pyridine rings is 1. The highest BCUT2D eigenvalue weighted by Crippen LogP contribution is 2.27. The molecule has 1 aliphatic heterocycles. The predicted octanol–water partition coefficient (Wildman–Crippen LogP) is 0.338. The van der Waals surface area contributed by atoms with Gasteiger partial charge >= 0.3 is 0 Å². The van der Waals surface area contributed by atoms with Crippen LogP contribution in [0.25, 0.3) is 0 Å². The van der Waals surface area contributed by atoms with Gasteiger partial charge in [-0.2, -0.15) is 4.31 Å². The number of hydrogen-bond donors (Lipinski definition) is 1. The molecule has 1 aromatic heterocycles. The number of hydrogen-bond acceptors (Lipinski definition) is 5. The summed E-state index contributed by atoms with van der Waals surface area (Å²) in [5.41, 5.74) is 5.70. The van der Waals surface area contributed by atoms with Crippen LogP contribution in [0.2, 0.25) is 5.02 Å². The third-order valence-corrected chi connectivity index (χ3v) is 4.72. The zero-order valence-corrected chi connectivity index (χ0v) is 10.5. The first-order chi connectivity index (χ1) is 8.03. The first-order valence-corrected chi connectivity index (χ1v) is 6.82. The second kappa shape index (κ2) is 4.77. The Balaban J connectivity index is 2.40. The van der Waals surface area contributed by atoms with Crippen LogP contribution >= 0.6 is 11.6 Å². The summed E-state index contributed by atoms with van der Waals surface area (Å²) in [4.78, 5) is 3.71. The van der Waals surface area contributed by atoms with Crippen molar-refractivity contribution in [2.75, 3.05) is 32.0 Å². The van der Waals surface area contributed by atoms with Crippen LogP contribution in [0.5, 0.6) is 0 Å². The van der Waals surface area contributed by atoms with Gasteiger partial charge < -0.3 is 10.5 Å². The Morgan fingerprint density at radius 3 is 2.65 bits per heavy atom. The third-order valence-electron chi connectivity index (χ3n) is 2.49. The maximum Gasteiger partial charge on any atom is 0.246 e. The van der Waals surface area contributed by atoms with Gasteiger partial charge in [0.1, 0.15) is 4.90 Å². The second-order valence-electron chi connectivity index (χ2n) is 3.55. The van der Waals surface area contributed by atoms with Gasteiger partial charge in [0.15, 0.2) is 0 Å². The zero-order chi connectivity index (χ0) is 12.5. The van der Waals surface area contributed by atoms with E-state index >= 15 is 0 Å². The van der Waals surface area contributed by atoms with Gasteiger partial charge in [-0.25, -0.2) is 8.42 Å². The van der Waals surface area contributed by atoms with E-state index in [1.54, 1.807) is 0 Å². The number of halogens is 1. The summed E-state index contributed by atoms with van der Waals surface area (Å²) in [6.07, 6.45) is 2.53. The lowest BCUT2D eigenvalue weighted by atomic mass is 10.4. The van der Waals surface area contributed by atoms with Crippen molar-refractivity contribution in [1.29, 1.82) is 0 Å². The summed E-state index contributed by atoms with van der Waals surface area (Å²) in [7, 11) is -3.63. The van der Waals surface area contributed by atoms with Gasteiger partial charge in [0.25, 0.3) is 0 Å². The number of anilines is 1. The van der Waals surface area contributed by atoms with E-state index in [1.165, 1.54) is 16.7 Å². The van der Waals surface area contributed by atoms with Crippen molar-refractivity contribution in [1.82, 2.24) is 9.29 Å². The van der Waals surface area contributed by atoms with Crippen LogP contribution in [0.4, 0.5) is 5.69 Å². The Labute approximate surface area is 104 Å². The highest BCUT2D eigenvalue weighted by Gasteiger charge is 2.29. The molecule has 0 atom stereocenters. The summed E-state index contributed by atoms with van der Waals surface area (Å²) in [5.74, 6) is 0. The maximum atomic E-state index is 12.3. The van der Waals surface area contributed by atoms with Crippen LogP contribution in [0.15, 0.2) is 17.3 Å². The minimum atomic E-state index is -3.63. The molecule has 1 aromatic rings. The first-order valence-electron chi connectivity index (χ1n) is 5.00. The van der Waals surface area contributed by atoms with Gasteiger partial charge in [-0.3, -0.25) is 4.98 Å². The van der Waals surface area contributed by atoms with Crippen molar-refractivity contribution in [3.8, 4) is 0 Å². The summed E-state index contributed by atoms with van der Waals surface area (Å²) < 4.78 is 30.9. The highest BCUT2D eigenvalue weighted by molar-refractivity contribution is 7.89. The molecule has 17 heavy (non-hydrogen) atoms. The molecule has 0 bridgehead atoms. The molecule has 2 heterocycles. The third kappa shape index (κ3) is 2.37. The predicted molar refractivity (Wildman–Crippen MR) is 63.2 cm³/mol. The number of morpholine rings is 1. The molecule has 1 aliphatic rings. The van der Waals surface area contributed by atoms with Gasteiger partial charge in [-0.15, -0.1) is 0 Å². The van der Waals surface area contributed by atoms with Crippen LogP contribution in [0, 0.1) is 0 Å². The number of aromatic nitrogens is 1. The average Bonchev–Trinajstić information content (AvgIpc) is 2.33. The molecule has 0 amide bonds. The number of rotatable bonds is 2. The number of nitrogens with two attached hydrogens (primary N) is 1. The lowest BCUT2D eigenvalue weighted by Crippen LogP contribution is -2.40. The van der Waals surface area contributed by atoms with E-state index in [9.17, 15) is 8.42 Å².